The highest BCUT2D eigenvalue weighted by molar-refractivity contribution is 5.98. The van der Waals surface area contributed by atoms with Gasteiger partial charge in [0.05, 0.1) is 0 Å². The molecule has 0 radical (unpaired) electrons. The Balaban J connectivity index is 1.91. The Hall–Kier alpha value is -2.57. The number of rotatable bonds is 2. The topological polar surface area (TPSA) is 55.1 Å². The van der Waals surface area contributed by atoms with Gasteiger partial charge in [0.15, 0.2) is 0 Å². The summed E-state index contributed by atoms with van der Waals surface area (Å²) in [5, 5.41) is 4.58. The Labute approximate surface area is 137 Å². The summed E-state index contributed by atoms with van der Waals surface area (Å²) in [5.74, 6) is -0.620. The normalized spacial score (nSPS) is 18.3. The minimum Gasteiger partial charge on any atom is -0.353 e. The van der Waals surface area contributed by atoms with Crippen molar-refractivity contribution >= 4 is 16.9 Å². The molecule has 1 atom stereocenters. The van der Waals surface area contributed by atoms with Crippen molar-refractivity contribution in [2.24, 2.45) is 0 Å². The second-order valence-electron chi connectivity index (χ2n) is 6.10. The Bertz CT molecular complexity index is 875. The molecule has 2 aromatic heterocycles. The van der Waals surface area contributed by atoms with Gasteiger partial charge in [0.2, 0.25) is 0 Å². The highest BCUT2D eigenvalue weighted by Crippen LogP contribution is 2.35. The maximum absolute atomic E-state index is 13.6. The molecule has 0 spiro atoms. The van der Waals surface area contributed by atoms with Crippen LogP contribution < -0.4 is 4.90 Å². The summed E-state index contributed by atoms with van der Waals surface area (Å²) in [7, 11) is 0. The molecular weight excluding hydrogens is 314 g/mol. The minimum absolute atomic E-state index is 0.312. The molecule has 3 aromatic rings. The smallest absolute Gasteiger partial charge is 0.263 e. The number of halogens is 2. The molecule has 4 rings (SSSR count). The highest BCUT2D eigenvalue weighted by Gasteiger charge is 2.26. The minimum atomic E-state index is -0.661. The molecule has 3 heterocycles. The molecule has 1 fully saturated rings. The summed E-state index contributed by atoms with van der Waals surface area (Å²) in [6.45, 7) is 3.01. The van der Waals surface area contributed by atoms with Crippen LogP contribution in [0.3, 0.4) is 0 Å². The van der Waals surface area contributed by atoms with Gasteiger partial charge in [0, 0.05) is 24.2 Å². The lowest BCUT2D eigenvalue weighted by Crippen LogP contribution is -2.38. The van der Waals surface area contributed by atoms with Crippen LogP contribution in [0.1, 0.15) is 26.2 Å². The number of piperidine rings is 1. The van der Waals surface area contributed by atoms with Crippen LogP contribution in [0.5, 0.6) is 0 Å². The fourth-order valence-electron chi connectivity index (χ4n) is 3.29. The molecule has 1 aromatic carbocycles. The van der Waals surface area contributed by atoms with E-state index in [0.717, 1.165) is 25.5 Å². The Morgan fingerprint density at radius 1 is 1.12 bits per heavy atom. The number of benzene rings is 1. The zero-order valence-corrected chi connectivity index (χ0v) is 13.2. The Morgan fingerprint density at radius 2 is 1.92 bits per heavy atom. The van der Waals surface area contributed by atoms with E-state index in [2.05, 4.69) is 26.9 Å². The summed E-state index contributed by atoms with van der Waals surface area (Å²) < 4.78 is 32.5. The first-order chi connectivity index (χ1) is 11.6. The maximum Gasteiger partial charge on any atom is 0.263 e. The first-order valence-corrected chi connectivity index (χ1v) is 7.97. The molecule has 0 bridgehead atoms. The lowest BCUT2D eigenvalue weighted by Gasteiger charge is -2.34. The first-order valence-electron chi connectivity index (χ1n) is 7.97. The van der Waals surface area contributed by atoms with Crippen molar-refractivity contribution in [3.63, 3.8) is 0 Å². The quantitative estimate of drug-likeness (QED) is 0.712. The largest absolute Gasteiger partial charge is 0.353 e. The maximum atomic E-state index is 13.6. The number of fused-ring (bicyclic) bond motifs is 1. The molecule has 124 valence electrons. The van der Waals surface area contributed by atoms with E-state index in [1.165, 1.54) is 24.9 Å². The average Bonchev–Trinajstić information content (AvgIpc) is 2.99. The first kappa shape index (κ1) is 15.0. The van der Waals surface area contributed by atoms with Crippen LogP contribution in [0.25, 0.3) is 22.4 Å². The zero-order chi connectivity index (χ0) is 16.7. The van der Waals surface area contributed by atoms with Gasteiger partial charge in [-0.3, -0.25) is 0 Å². The van der Waals surface area contributed by atoms with Gasteiger partial charge in [-0.05, 0) is 38.3 Å². The van der Waals surface area contributed by atoms with Crippen LogP contribution in [0.2, 0.25) is 0 Å². The van der Waals surface area contributed by atoms with Crippen LogP contribution in [0.15, 0.2) is 29.0 Å². The second kappa shape index (κ2) is 5.81. The van der Waals surface area contributed by atoms with E-state index in [4.69, 9.17) is 4.52 Å². The van der Waals surface area contributed by atoms with Crippen LogP contribution in [0, 0.1) is 11.6 Å². The highest BCUT2D eigenvalue weighted by atomic mass is 19.1. The third kappa shape index (κ3) is 2.50. The number of anilines is 1. The van der Waals surface area contributed by atoms with Gasteiger partial charge < -0.3 is 9.42 Å². The predicted molar refractivity (Wildman–Crippen MR) is 85.6 cm³/mol. The summed E-state index contributed by atoms with van der Waals surface area (Å²) in [6.07, 6.45) is 4.75. The summed E-state index contributed by atoms with van der Waals surface area (Å²) in [6, 6.07) is 3.62. The van der Waals surface area contributed by atoms with E-state index in [9.17, 15) is 8.78 Å². The van der Waals surface area contributed by atoms with Gasteiger partial charge in [-0.2, -0.15) is 4.98 Å². The molecule has 0 saturated carbocycles. The fraction of sp³-hybridized carbons (Fsp3) is 0.353. The van der Waals surface area contributed by atoms with Gasteiger partial charge in [0.25, 0.3) is 5.71 Å². The standard InChI is InChI=1S/C17H16F2N4O/c1-10-4-2-3-5-23(10)16-14-15(22-24-17(14)21-9-20-16)11-6-12(18)8-13(19)7-11/h6-10H,2-5H2,1H3/t10-/m1/s1. The van der Waals surface area contributed by atoms with Crippen molar-refractivity contribution in [2.75, 3.05) is 11.4 Å². The number of hydrogen-bond acceptors (Lipinski definition) is 5. The number of aromatic nitrogens is 3. The lowest BCUT2D eigenvalue weighted by atomic mass is 10.0. The van der Waals surface area contributed by atoms with Gasteiger partial charge in [-0.25, -0.2) is 13.8 Å². The molecule has 0 unspecified atom stereocenters. The monoisotopic (exact) mass is 330 g/mol. The van der Waals surface area contributed by atoms with Crippen molar-refractivity contribution in [3.8, 4) is 11.3 Å². The molecule has 1 aliphatic rings. The van der Waals surface area contributed by atoms with Gasteiger partial charge in [0.1, 0.15) is 34.9 Å². The van der Waals surface area contributed by atoms with Crippen molar-refractivity contribution in [1.82, 2.24) is 15.1 Å². The van der Waals surface area contributed by atoms with Crippen molar-refractivity contribution in [2.45, 2.75) is 32.2 Å². The van der Waals surface area contributed by atoms with Crippen LogP contribution >= 0.6 is 0 Å². The summed E-state index contributed by atoms with van der Waals surface area (Å²) in [5.41, 5.74) is 0.987. The Morgan fingerprint density at radius 3 is 2.67 bits per heavy atom. The van der Waals surface area contributed by atoms with Crippen LogP contribution in [-0.4, -0.2) is 27.7 Å². The van der Waals surface area contributed by atoms with Crippen molar-refractivity contribution in [3.05, 3.63) is 36.2 Å². The van der Waals surface area contributed by atoms with Crippen molar-refractivity contribution < 1.29 is 13.3 Å². The fourth-order valence-corrected chi connectivity index (χ4v) is 3.29. The van der Waals surface area contributed by atoms with Crippen molar-refractivity contribution in [1.29, 1.82) is 0 Å². The molecular formula is C17H16F2N4O. The molecule has 0 amide bonds. The van der Waals surface area contributed by atoms with Gasteiger partial charge in [-0.1, -0.05) is 5.16 Å². The van der Waals surface area contributed by atoms with E-state index in [0.29, 0.717) is 34.2 Å². The number of nitrogens with zero attached hydrogens (tertiary/aromatic N) is 4. The van der Waals surface area contributed by atoms with E-state index in [1.807, 2.05) is 0 Å². The van der Waals surface area contributed by atoms with E-state index >= 15 is 0 Å². The lowest BCUT2D eigenvalue weighted by molar-refractivity contribution is 0.450. The predicted octanol–water partition coefficient (Wildman–Crippen LogP) is 3.94. The van der Waals surface area contributed by atoms with E-state index < -0.39 is 11.6 Å². The molecule has 0 aliphatic carbocycles. The van der Waals surface area contributed by atoms with E-state index in [-0.39, 0.29) is 0 Å². The molecule has 24 heavy (non-hydrogen) atoms. The van der Waals surface area contributed by atoms with Gasteiger partial charge in [-0.15, -0.1) is 0 Å². The average molecular weight is 330 g/mol. The SMILES string of the molecule is C[C@@H]1CCCCN1c1ncnc2onc(-c3cc(F)cc(F)c3)c12. The van der Waals surface area contributed by atoms with Gasteiger partial charge >= 0.3 is 0 Å². The third-order valence-corrected chi connectivity index (χ3v) is 4.46. The molecule has 0 N–H and O–H groups in total. The van der Waals surface area contributed by atoms with Crippen LogP contribution in [-0.2, 0) is 0 Å². The van der Waals surface area contributed by atoms with E-state index in [1.54, 1.807) is 0 Å². The summed E-state index contributed by atoms with van der Waals surface area (Å²) in [4.78, 5) is 10.7. The molecule has 5 nitrogen and oxygen atoms in total. The third-order valence-electron chi connectivity index (χ3n) is 4.46. The number of hydrogen-bond donors (Lipinski definition) is 0. The molecule has 1 saturated heterocycles. The molecule has 1 aliphatic heterocycles. The molecule has 7 heteroatoms. The Kier molecular flexibility index (Phi) is 3.63. The zero-order valence-electron chi connectivity index (χ0n) is 13.2. The second-order valence-corrected chi connectivity index (χ2v) is 6.10. The van der Waals surface area contributed by atoms with Crippen LogP contribution in [0.4, 0.5) is 14.6 Å². The summed E-state index contributed by atoms with van der Waals surface area (Å²) >= 11 is 0.